The molecule has 0 fully saturated rings. The van der Waals surface area contributed by atoms with Gasteiger partial charge >= 0.3 is 0 Å². The van der Waals surface area contributed by atoms with Gasteiger partial charge in [0.2, 0.25) is 11.8 Å². The lowest BCUT2D eigenvalue weighted by Gasteiger charge is -2.09. The van der Waals surface area contributed by atoms with E-state index in [1.165, 1.54) is 0 Å². The summed E-state index contributed by atoms with van der Waals surface area (Å²) in [6.07, 6.45) is 1.08. The molecule has 0 aliphatic carbocycles. The van der Waals surface area contributed by atoms with E-state index in [-0.39, 0.29) is 5.88 Å². The first kappa shape index (κ1) is 12.3. The Morgan fingerprint density at radius 1 is 1.28 bits per heavy atom. The molecule has 0 amide bonds. The monoisotopic (exact) mass is 247 g/mol. The highest BCUT2D eigenvalue weighted by molar-refractivity contribution is 5.39. The van der Waals surface area contributed by atoms with E-state index in [4.69, 9.17) is 4.74 Å². The van der Waals surface area contributed by atoms with Gasteiger partial charge in [0.15, 0.2) is 0 Å². The third kappa shape index (κ3) is 2.56. The number of hydrogen-bond donors (Lipinski definition) is 1. The molecule has 2 aromatic rings. The van der Waals surface area contributed by atoms with Crippen LogP contribution in [0, 0.1) is 19.7 Å². The number of aryl methyl sites for hydroxylation is 2. The molecule has 1 aromatic heterocycles. The molecule has 0 spiro atoms. The normalized spacial score (nSPS) is 10.2. The number of nitrogens with zero attached hydrogens (tertiary/aromatic N) is 2. The second-order valence-corrected chi connectivity index (χ2v) is 3.97. The Kier molecular flexibility index (Phi) is 3.41. The molecule has 0 saturated heterocycles. The number of anilines is 1. The Morgan fingerprint density at radius 3 is 2.72 bits per heavy atom. The molecular weight excluding hydrogens is 233 g/mol. The molecule has 2 rings (SSSR count). The van der Waals surface area contributed by atoms with E-state index in [2.05, 4.69) is 15.3 Å². The minimum atomic E-state index is -0.589. The SMILES string of the molecule is CNc1ncc(F)c(Oc2ccc(C)cc2C)n1. The molecule has 0 unspecified atom stereocenters. The summed E-state index contributed by atoms with van der Waals surface area (Å²) in [5, 5.41) is 2.74. The van der Waals surface area contributed by atoms with Gasteiger partial charge in [-0.2, -0.15) is 9.37 Å². The van der Waals surface area contributed by atoms with Crippen LogP contribution in [0.15, 0.2) is 24.4 Å². The molecule has 0 aliphatic heterocycles. The molecule has 1 heterocycles. The maximum atomic E-state index is 13.5. The van der Waals surface area contributed by atoms with Crippen LogP contribution in [-0.4, -0.2) is 17.0 Å². The minimum absolute atomic E-state index is 0.0821. The third-order valence-corrected chi connectivity index (χ3v) is 2.47. The molecule has 0 saturated carbocycles. The number of rotatable bonds is 3. The van der Waals surface area contributed by atoms with Crippen molar-refractivity contribution in [2.75, 3.05) is 12.4 Å². The van der Waals surface area contributed by atoms with E-state index in [9.17, 15) is 4.39 Å². The van der Waals surface area contributed by atoms with Crippen LogP contribution in [0.2, 0.25) is 0 Å². The van der Waals surface area contributed by atoms with Crippen LogP contribution in [0.3, 0.4) is 0 Å². The summed E-state index contributed by atoms with van der Waals surface area (Å²) in [6, 6.07) is 5.67. The summed E-state index contributed by atoms with van der Waals surface area (Å²) >= 11 is 0. The summed E-state index contributed by atoms with van der Waals surface area (Å²) < 4.78 is 19.0. The highest BCUT2D eigenvalue weighted by Gasteiger charge is 2.10. The van der Waals surface area contributed by atoms with Gasteiger partial charge in [0.1, 0.15) is 5.75 Å². The molecule has 0 aliphatic rings. The average molecular weight is 247 g/mol. The smallest absolute Gasteiger partial charge is 0.260 e. The van der Waals surface area contributed by atoms with Gasteiger partial charge in [-0.05, 0) is 25.5 Å². The molecule has 1 aromatic carbocycles. The van der Waals surface area contributed by atoms with Gasteiger partial charge in [-0.25, -0.2) is 4.98 Å². The lowest BCUT2D eigenvalue weighted by Crippen LogP contribution is -2.00. The van der Waals surface area contributed by atoms with Crippen LogP contribution in [0.1, 0.15) is 11.1 Å². The summed E-state index contributed by atoms with van der Waals surface area (Å²) in [7, 11) is 1.66. The number of aromatic nitrogens is 2. The number of ether oxygens (including phenoxy) is 1. The van der Waals surface area contributed by atoms with E-state index in [1.807, 2.05) is 26.0 Å². The van der Waals surface area contributed by atoms with Crippen LogP contribution < -0.4 is 10.1 Å². The van der Waals surface area contributed by atoms with Crippen molar-refractivity contribution in [3.63, 3.8) is 0 Å². The molecule has 0 radical (unpaired) electrons. The Hall–Kier alpha value is -2.17. The number of halogens is 1. The second kappa shape index (κ2) is 5.00. The Balaban J connectivity index is 2.33. The third-order valence-electron chi connectivity index (χ3n) is 2.47. The lowest BCUT2D eigenvalue weighted by molar-refractivity contribution is 0.418. The molecular formula is C13H14FN3O. The van der Waals surface area contributed by atoms with E-state index < -0.39 is 5.82 Å². The van der Waals surface area contributed by atoms with Gasteiger partial charge in [-0.1, -0.05) is 17.7 Å². The first-order valence-electron chi connectivity index (χ1n) is 5.55. The van der Waals surface area contributed by atoms with E-state index in [0.717, 1.165) is 17.3 Å². The summed E-state index contributed by atoms with van der Waals surface area (Å²) in [6.45, 7) is 3.89. The lowest BCUT2D eigenvalue weighted by atomic mass is 10.1. The largest absolute Gasteiger partial charge is 0.436 e. The fourth-order valence-corrected chi connectivity index (χ4v) is 1.56. The topological polar surface area (TPSA) is 47.0 Å². The van der Waals surface area contributed by atoms with Crippen LogP contribution in [0.5, 0.6) is 11.6 Å². The van der Waals surface area contributed by atoms with Crippen molar-refractivity contribution in [2.24, 2.45) is 0 Å². The summed E-state index contributed by atoms with van der Waals surface area (Å²) in [5.41, 5.74) is 2.05. The zero-order valence-electron chi connectivity index (χ0n) is 10.5. The molecule has 5 heteroatoms. The molecule has 4 nitrogen and oxygen atoms in total. The van der Waals surface area contributed by atoms with E-state index >= 15 is 0 Å². The molecule has 0 atom stereocenters. The van der Waals surface area contributed by atoms with E-state index in [0.29, 0.717) is 11.7 Å². The van der Waals surface area contributed by atoms with Crippen LogP contribution in [-0.2, 0) is 0 Å². The van der Waals surface area contributed by atoms with E-state index in [1.54, 1.807) is 13.1 Å². The summed E-state index contributed by atoms with van der Waals surface area (Å²) in [5.74, 6) is 0.228. The fourth-order valence-electron chi connectivity index (χ4n) is 1.56. The highest BCUT2D eigenvalue weighted by atomic mass is 19.1. The Labute approximate surface area is 105 Å². The quantitative estimate of drug-likeness (QED) is 0.905. The Morgan fingerprint density at radius 2 is 2.06 bits per heavy atom. The van der Waals surface area contributed by atoms with Crippen LogP contribution in [0.4, 0.5) is 10.3 Å². The predicted molar refractivity (Wildman–Crippen MR) is 67.5 cm³/mol. The molecule has 94 valence electrons. The first-order chi connectivity index (χ1) is 8.60. The maximum absolute atomic E-state index is 13.5. The molecule has 1 N–H and O–H groups in total. The van der Waals surface area contributed by atoms with Crippen molar-refractivity contribution in [1.82, 2.24) is 9.97 Å². The fraction of sp³-hybridized carbons (Fsp3) is 0.231. The zero-order valence-corrected chi connectivity index (χ0v) is 10.5. The van der Waals surface area contributed by atoms with Gasteiger partial charge in [0, 0.05) is 7.05 Å². The minimum Gasteiger partial charge on any atom is -0.436 e. The zero-order chi connectivity index (χ0) is 13.1. The second-order valence-electron chi connectivity index (χ2n) is 3.97. The molecule has 0 bridgehead atoms. The number of hydrogen-bond acceptors (Lipinski definition) is 4. The molecule has 18 heavy (non-hydrogen) atoms. The van der Waals surface area contributed by atoms with Gasteiger partial charge in [0.05, 0.1) is 6.20 Å². The van der Waals surface area contributed by atoms with Crippen molar-refractivity contribution < 1.29 is 9.13 Å². The van der Waals surface area contributed by atoms with Gasteiger partial charge in [-0.15, -0.1) is 0 Å². The van der Waals surface area contributed by atoms with Crippen molar-refractivity contribution in [2.45, 2.75) is 13.8 Å². The number of nitrogens with one attached hydrogen (secondary N) is 1. The van der Waals surface area contributed by atoms with Crippen molar-refractivity contribution in [3.05, 3.63) is 41.3 Å². The van der Waals surface area contributed by atoms with Crippen LogP contribution >= 0.6 is 0 Å². The van der Waals surface area contributed by atoms with Crippen LogP contribution in [0.25, 0.3) is 0 Å². The first-order valence-corrected chi connectivity index (χ1v) is 5.55. The maximum Gasteiger partial charge on any atom is 0.260 e. The summed E-state index contributed by atoms with van der Waals surface area (Å²) in [4.78, 5) is 7.69. The predicted octanol–water partition coefficient (Wildman–Crippen LogP) is 3.07. The van der Waals surface area contributed by atoms with Gasteiger partial charge < -0.3 is 10.1 Å². The van der Waals surface area contributed by atoms with Crippen molar-refractivity contribution in [1.29, 1.82) is 0 Å². The average Bonchev–Trinajstić information content (AvgIpc) is 2.35. The number of benzene rings is 1. The van der Waals surface area contributed by atoms with Gasteiger partial charge in [0.25, 0.3) is 5.88 Å². The standard InChI is InChI=1S/C13H14FN3O/c1-8-4-5-11(9(2)6-8)18-12-10(14)7-16-13(15-3)17-12/h4-7H,1-3H3,(H,15,16,17). The highest BCUT2D eigenvalue weighted by Crippen LogP contribution is 2.26. The Bertz CT molecular complexity index is 572. The van der Waals surface area contributed by atoms with Crippen molar-refractivity contribution >= 4 is 5.95 Å². The van der Waals surface area contributed by atoms with Crippen molar-refractivity contribution in [3.8, 4) is 11.6 Å². The van der Waals surface area contributed by atoms with Gasteiger partial charge in [-0.3, -0.25) is 0 Å².